The van der Waals surface area contributed by atoms with Crippen molar-refractivity contribution < 1.29 is 14.1 Å². The third kappa shape index (κ3) is 2.42. The van der Waals surface area contributed by atoms with E-state index in [0.29, 0.717) is 19.5 Å². The zero-order chi connectivity index (χ0) is 16.0. The third-order valence-electron chi connectivity index (χ3n) is 4.52. The molecular weight excluding hydrogens is 316 g/mol. The van der Waals surface area contributed by atoms with Crippen LogP contribution in [0, 0.1) is 6.92 Å². The predicted octanol–water partition coefficient (Wildman–Crippen LogP) is 1.46. The molecule has 2 atom stereocenters. The summed E-state index contributed by atoms with van der Waals surface area (Å²) < 4.78 is 4.96. The highest BCUT2D eigenvalue weighted by Crippen LogP contribution is 2.34. The molecule has 2 fully saturated rings. The van der Waals surface area contributed by atoms with Crippen LogP contribution in [-0.2, 0) is 11.3 Å². The Morgan fingerprint density at radius 3 is 3.04 bits per heavy atom. The number of carbonyl (C=O) groups excluding carboxylic acids is 2. The Balaban J connectivity index is 1.52. The Morgan fingerprint density at radius 1 is 1.48 bits per heavy atom. The van der Waals surface area contributed by atoms with Crippen molar-refractivity contribution >= 4 is 23.2 Å². The minimum Gasteiger partial charge on any atom is -0.351 e. The van der Waals surface area contributed by atoms with Gasteiger partial charge in [0, 0.05) is 24.4 Å². The standard InChI is InChI=1S/C15H16N4O3S/c1-9-17-10(8-23-9)7-19-11-3-5-18(12(11)6-14(19)20)15(21)13-2-4-16-22-13/h2,4,8,11-12H,3,5-7H2,1H3. The van der Waals surface area contributed by atoms with Crippen molar-refractivity contribution in [2.45, 2.75) is 38.4 Å². The molecule has 7 nitrogen and oxygen atoms in total. The van der Waals surface area contributed by atoms with Crippen molar-refractivity contribution in [3.8, 4) is 0 Å². The van der Waals surface area contributed by atoms with E-state index in [2.05, 4.69) is 10.1 Å². The van der Waals surface area contributed by atoms with E-state index in [1.165, 1.54) is 6.20 Å². The quantitative estimate of drug-likeness (QED) is 0.850. The summed E-state index contributed by atoms with van der Waals surface area (Å²) in [5, 5.41) is 6.57. The molecule has 0 aromatic carbocycles. The van der Waals surface area contributed by atoms with E-state index in [4.69, 9.17) is 4.52 Å². The molecule has 23 heavy (non-hydrogen) atoms. The first-order chi connectivity index (χ1) is 11.1. The fourth-order valence-electron chi connectivity index (χ4n) is 3.51. The van der Waals surface area contributed by atoms with Gasteiger partial charge >= 0.3 is 0 Å². The number of aromatic nitrogens is 2. The van der Waals surface area contributed by atoms with Gasteiger partial charge in [-0.25, -0.2) is 4.98 Å². The van der Waals surface area contributed by atoms with Gasteiger partial charge < -0.3 is 14.3 Å². The van der Waals surface area contributed by atoms with Gasteiger partial charge in [-0.1, -0.05) is 5.16 Å². The van der Waals surface area contributed by atoms with E-state index in [-0.39, 0.29) is 29.7 Å². The summed E-state index contributed by atoms with van der Waals surface area (Å²) in [5.74, 6) is 0.126. The number of fused-ring (bicyclic) bond motifs is 1. The number of hydrogen-bond donors (Lipinski definition) is 0. The lowest BCUT2D eigenvalue weighted by atomic mass is 10.1. The normalized spacial score (nSPS) is 23.6. The van der Waals surface area contributed by atoms with Gasteiger partial charge in [-0.15, -0.1) is 11.3 Å². The van der Waals surface area contributed by atoms with Gasteiger partial charge in [-0.2, -0.15) is 0 Å². The summed E-state index contributed by atoms with van der Waals surface area (Å²) in [5.41, 5.74) is 0.918. The second-order valence-corrected chi connectivity index (χ2v) is 6.94. The summed E-state index contributed by atoms with van der Waals surface area (Å²) in [6, 6.07) is 1.54. The maximum Gasteiger partial charge on any atom is 0.292 e. The SMILES string of the molecule is Cc1nc(CN2C(=O)CC3C2CCN3C(=O)c2ccno2)cs1. The highest BCUT2D eigenvalue weighted by molar-refractivity contribution is 7.09. The molecule has 2 amide bonds. The fraction of sp³-hybridized carbons (Fsp3) is 0.467. The van der Waals surface area contributed by atoms with E-state index < -0.39 is 0 Å². The second-order valence-electron chi connectivity index (χ2n) is 5.88. The van der Waals surface area contributed by atoms with Crippen LogP contribution in [-0.4, -0.2) is 50.4 Å². The number of amides is 2. The molecule has 4 heterocycles. The molecule has 0 aliphatic carbocycles. The molecule has 0 bridgehead atoms. The first-order valence-electron chi connectivity index (χ1n) is 7.55. The van der Waals surface area contributed by atoms with Gasteiger partial charge in [-0.05, 0) is 13.3 Å². The lowest BCUT2D eigenvalue weighted by Crippen LogP contribution is -2.39. The first-order valence-corrected chi connectivity index (χ1v) is 8.43. The number of nitrogens with zero attached hydrogens (tertiary/aromatic N) is 4. The molecule has 120 valence electrons. The smallest absolute Gasteiger partial charge is 0.292 e. The number of rotatable bonds is 3. The monoisotopic (exact) mass is 332 g/mol. The van der Waals surface area contributed by atoms with E-state index in [1.807, 2.05) is 17.2 Å². The minimum atomic E-state index is -0.186. The summed E-state index contributed by atoms with van der Waals surface area (Å²) in [6.07, 6.45) is 2.62. The molecular formula is C15H16N4O3S. The number of likely N-dealkylation sites (tertiary alicyclic amines) is 2. The Kier molecular flexibility index (Phi) is 3.41. The summed E-state index contributed by atoms with van der Waals surface area (Å²) in [7, 11) is 0. The van der Waals surface area contributed by atoms with Crippen LogP contribution in [0.4, 0.5) is 0 Å². The predicted molar refractivity (Wildman–Crippen MR) is 81.8 cm³/mol. The zero-order valence-electron chi connectivity index (χ0n) is 12.6. The van der Waals surface area contributed by atoms with Gasteiger partial charge in [0.1, 0.15) is 0 Å². The summed E-state index contributed by atoms with van der Waals surface area (Å²) in [6.45, 7) is 3.11. The van der Waals surface area contributed by atoms with Crippen LogP contribution in [0.5, 0.6) is 0 Å². The highest BCUT2D eigenvalue weighted by atomic mass is 32.1. The zero-order valence-corrected chi connectivity index (χ0v) is 13.5. The molecule has 0 radical (unpaired) electrons. The van der Waals surface area contributed by atoms with E-state index in [0.717, 1.165) is 17.1 Å². The van der Waals surface area contributed by atoms with E-state index in [1.54, 1.807) is 22.3 Å². The van der Waals surface area contributed by atoms with Gasteiger partial charge in [-0.3, -0.25) is 9.59 Å². The summed E-state index contributed by atoms with van der Waals surface area (Å²) >= 11 is 1.59. The molecule has 2 aromatic rings. The molecule has 4 rings (SSSR count). The number of hydrogen-bond acceptors (Lipinski definition) is 6. The van der Waals surface area contributed by atoms with Crippen molar-refractivity contribution in [3.63, 3.8) is 0 Å². The molecule has 2 aliphatic heterocycles. The number of aryl methyl sites for hydroxylation is 1. The molecule has 2 aromatic heterocycles. The molecule has 2 unspecified atom stereocenters. The number of thiazole rings is 1. The van der Waals surface area contributed by atoms with E-state index >= 15 is 0 Å². The van der Waals surface area contributed by atoms with Crippen LogP contribution in [0.1, 0.15) is 34.1 Å². The molecule has 0 spiro atoms. The van der Waals surface area contributed by atoms with Gasteiger partial charge in [0.05, 0.1) is 35.5 Å². The van der Waals surface area contributed by atoms with Crippen LogP contribution in [0.25, 0.3) is 0 Å². The fourth-order valence-corrected chi connectivity index (χ4v) is 4.11. The Morgan fingerprint density at radius 2 is 2.35 bits per heavy atom. The van der Waals surface area contributed by atoms with Crippen molar-refractivity contribution in [3.05, 3.63) is 34.1 Å². The topological polar surface area (TPSA) is 79.5 Å². The van der Waals surface area contributed by atoms with Crippen molar-refractivity contribution in [2.24, 2.45) is 0 Å². The van der Waals surface area contributed by atoms with Gasteiger partial charge in [0.25, 0.3) is 5.91 Å². The maximum atomic E-state index is 12.5. The van der Waals surface area contributed by atoms with E-state index in [9.17, 15) is 9.59 Å². The maximum absolute atomic E-state index is 12.5. The largest absolute Gasteiger partial charge is 0.351 e. The molecule has 8 heteroatoms. The van der Waals surface area contributed by atoms with Crippen LogP contribution in [0.3, 0.4) is 0 Å². The average Bonchev–Trinajstić information content (AvgIpc) is 3.27. The van der Waals surface area contributed by atoms with Crippen LogP contribution < -0.4 is 0 Å². The number of carbonyl (C=O) groups is 2. The van der Waals surface area contributed by atoms with Crippen LogP contribution in [0.15, 0.2) is 22.2 Å². The highest BCUT2D eigenvalue weighted by Gasteiger charge is 2.48. The minimum absolute atomic E-state index is 0.0661. The first kappa shape index (κ1) is 14.4. The third-order valence-corrected chi connectivity index (χ3v) is 5.35. The van der Waals surface area contributed by atoms with Crippen molar-refractivity contribution in [1.82, 2.24) is 19.9 Å². The van der Waals surface area contributed by atoms with Crippen LogP contribution in [0.2, 0.25) is 0 Å². The van der Waals surface area contributed by atoms with Crippen molar-refractivity contribution in [1.29, 1.82) is 0 Å². The Hall–Kier alpha value is -2.22. The Labute approximate surface area is 136 Å². The lowest BCUT2D eigenvalue weighted by molar-refractivity contribution is -0.129. The molecule has 2 aliphatic rings. The van der Waals surface area contributed by atoms with Gasteiger partial charge in [0.15, 0.2) is 0 Å². The van der Waals surface area contributed by atoms with Gasteiger partial charge in [0.2, 0.25) is 11.7 Å². The molecule has 0 N–H and O–H groups in total. The second kappa shape index (κ2) is 5.45. The average molecular weight is 332 g/mol. The molecule has 2 saturated heterocycles. The lowest BCUT2D eigenvalue weighted by Gasteiger charge is -2.24. The van der Waals surface area contributed by atoms with Crippen LogP contribution >= 0.6 is 11.3 Å². The molecule has 0 saturated carbocycles. The Bertz CT molecular complexity index is 742. The van der Waals surface area contributed by atoms with Crippen molar-refractivity contribution in [2.75, 3.05) is 6.54 Å². The summed E-state index contributed by atoms with van der Waals surface area (Å²) in [4.78, 5) is 32.9.